The van der Waals surface area contributed by atoms with Crippen LogP contribution in [0.3, 0.4) is 0 Å². The van der Waals surface area contributed by atoms with Crippen molar-refractivity contribution in [2.24, 2.45) is 11.8 Å². The van der Waals surface area contributed by atoms with Crippen LogP contribution in [0.4, 0.5) is 0 Å². The molecule has 0 aromatic heterocycles. The van der Waals surface area contributed by atoms with Gasteiger partial charge < -0.3 is 33.8 Å². The fourth-order valence-corrected chi connectivity index (χ4v) is 15.0. The molecule has 19 heteroatoms. The molecular formula is C86H168O17P2. The predicted octanol–water partition coefficient (Wildman–Crippen LogP) is 26.2. The van der Waals surface area contributed by atoms with Crippen molar-refractivity contribution in [1.29, 1.82) is 0 Å². The second-order valence-electron chi connectivity index (χ2n) is 31.9. The number of phosphoric ester groups is 2. The molecule has 0 radical (unpaired) electrons. The van der Waals surface area contributed by atoms with Gasteiger partial charge >= 0.3 is 39.5 Å². The van der Waals surface area contributed by atoms with E-state index in [4.69, 9.17) is 37.0 Å². The summed E-state index contributed by atoms with van der Waals surface area (Å²) in [4.78, 5) is 73.2. The first-order chi connectivity index (χ1) is 50.9. The van der Waals surface area contributed by atoms with Gasteiger partial charge in [-0.3, -0.25) is 37.3 Å². The van der Waals surface area contributed by atoms with Crippen LogP contribution in [0.1, 0.15) is 459 Å². The monoisotopic (exact) mass is 1540 g/mol. The number of carbonyl (C=O) groups is 4. The van der Waals surface area contributed by atoms with E-state index in [2.05, 4.69) is 41.5 Å². The zero-order valence-corrected chi connectivity index (χ0v) is 70.8. The van der Waals surface area contributed by atoms with Crippen molar-refractivity contribution in [3.05, 3.63) is 0 Å². The number of aliphatic hydroxyl groups is 1. The molecule has 0 bridgehead atoms. The zero-order valence-electron chi connectivity index (χ0n) is 69.0. The number of unbranched alkanes of at least 4 members (excludes halogenated alkanes) is 55. The Hall–Kier alpha value is -1.94. The number of hydrogen-bond donors (Lipinski definition) is 3. The topological polar surface area (TPSA) is 237 Å². The van der Waals surface area contributed by atoms with Crippen LogP contribution in [0.15, 0.2) is 0 Å². The first kappa shape index (κ1) is 103. The number of esters is 4. The number of rotatable bonds is 85. The second-order valence-corrected chi connectivity index (χ2v) is 34.8. The Balaban J connectivity index is 5.20. The summed E-state index contributed by atoms with van der Waals surface area (Å²) in [6.45, 7) is 9.59. The van der Waals surface area contributed by atoms with Gasteiger partial charge in [0.25, 0.3) is 0 Å². The first-order valence-corrected chi connectivity index (χ1v) is 47.5. The number of ether oxygens (including phenoxy) is 4. The molecule has 105 heavy (non-hydrogen) atoms. The Morgan fingerprint density at radius 3 is 0.648 bits per heavy atom. The molecule has 3 N–H and O–H groups in total. The van der Waals surface area contributed by atoms with Gasteiger partial charge in [0.05, 0.1) is 26.4 Å². The van der Waals surface area contributed by atoms with E-state index < -0.39 is 97.5 Å². The lowest BCUT2D eigenvalue weighted by molar-refractivity contribution is -0.161. The van der Waals surface area contributed by atoms with Crippen molar-refractivity contribution < 1.29 is 80.2 Å². The molecule has 0 saturated heterocycles. The van der Waals surface area contributed by atoms with E-state index in [-0.39, 0.29) is 25.7 Å². The van der Waals surface area contributed by atoms with Gasteiger partial charge in [-0.25, -0.2) is 9.13 Å². The van der Waals surface area contributed by atoms with Crippen LogP contribution < -0.4 is 0 Å². The smallest absolute Gasteiger partial charge is 0.462 e. The molecule has 0 fully saturated rings. The van der Waals surface area contributed by atoms with Crippen molar-refractivity contribution in [3.63, 3.8) is 0 Å². The number of phosphoric acid groups is 2. The van der Waals surface area contributed by atoms with Crippen LogP contribution in [0.25, 0.3) is 0 Å². The Morgan fingerprint density at radius 1 is 0.257 bits per heavy atom. The van der Waals surface area contributed by atoms with Gasteiger partial charge in [-0.15, -0.1) is 0 Å². The van der Waals surface area contributed by atoms with Crippen molar-refractivity contribution in [1.82, 2.24) is 0 Å². The SMILES string of the molecule is CCCCCCCCCCCCCCCCCCCCCCCCC(=O)O[C@H](COC(=O)CCCCCCCCCCCCCCCCCCCCCC)COP(=O)(O)OC[C@@H](O)COP(=O)(O)OC[C@@H](COC(=O)CCCCCCCCCC(C)C)OC(=O)CCCCCCCCCCCCC(C)C. The van der Waals surface area contributed by atoms with E-state index in [1.165, 1.54) is 270 Å². The van der Waals surface area contributed by atoms with E-state index in [9.17, 15) is 43.2 Å². The maximum absolute atomic E-state index is 13.1. The highest BCUT2D eigenvalue weighted by Gasteiger charge is 2.30. The van der Waals surface area contributed by atoms with Crippen LogP contribution in [0.5, 0.6) is 0 Å². The number of aliphatic hydroxyl groups excluding tert-OH is 1. The molecule has 624 valence electrons. The summed E-state index contributed by atoms with van der Waals surface area (Å²) >= 11 is 0. The van der Waals surface area contributed by atoms with Crippen LogP contribution >= 0.6 is 15.6 Å². The van der Waals surface area contributed by atoms with Crippen LogP contribution in [-0.2, 0) is 65.4 Å². The molecule has 2 unspecified atom stereocenters. The minimum atomic E-state index is -4.97. The lowest BCUT2D eigenvalue weighted by Crippen LogP contribution is -2.30. The highest BCUT2D eigenvalue weighted by Crippen LogP contribution is 2.45. The normalized spacial score (nSPS) is 13.8. The molecule has 0 heterocycles. The van der Waals surface area contributed by atoms with Gasteiger partial charge in [0.1, 0.15) is 19.3 Å². The summed E-state index contributed by atoms with van der Waals surface area (Å²) in [6.07, 6.45) is 69.8. The standard InChI is InChI=1S/C86H168O17P2/c1-7-9-11-13-15-17-19-21-23-25-27-29-30-32-34-36-38-40-45-51-58-64-70-85(90)102-81(74-96-83(88)68-62-56-50-44-39-37-35-33-31-28-26-24-22-20-18-16-14-12-10-8-2)76-100-104(92,93)98-72-80(87)73-99-105(94,95)101-77-82(75-97-84(89)69-63-57-53-47-49-55-61-67-79(5)6)103-86(91)71-65-59-52-46-42-41-43-48-54-60-66-78(3)4/h78-82,87H,7-77H2,1-6H3,(H,92,93)(H,94,95)/t80-,81-,82-/m1/s1. The average Bonchev–Trinajstić information content (AvgIpc) is 0.910. The Kier molecular flexibility index (Phi) is 76.0. The van der Waals surface area contributed by atoms with Gasteiger partial charge in [0.15, 0.2) is 12.2 Å². The van der Waals surface area contributed by atoms with Gasteiger partial charge in [0.2, 0.25) is 0 Å². The average molecular weight is 1540 g/mol. The lowest BCUT2D eigenvalue weighted by Gasteiger charge is -2.21. The maximum atomic E-state index is 13.1. The van der Waals surface area contributed by atoms with E-state index in [1.807, 2.05) is 0 Å². The summed E-state index contributed by atoms with van der Waals surface area (Å²) < 4.78 is 68.8. The molecule has 0 aliphatic carbocycles. The molecular weight excluding hydrogens is 1370 g/mol. The molecule has 0 rings (SSSR count). The summed E-state index contributed by atoms with van der Waals surface area (Å²) in [5, 5.41) is 10.7. The van der Waals surface area contributed by atoms with E-state index >= 15 is 0 Å². The lowest BCUT2D eigenvalue weighted by atomic mass is 10.0. The van der Waals surface area contributed by atoms with Crippen LogP contribution in [0, 0.1) is 11.8 Å². The molecule has 0 aromatic rings. The summed E-state index contributed by atoms with van der Waals surface area (Å²) in [5.41, 5.74) is 0. The Bertz CT molecular complexity index is 2010. The van der Waals surface area contributed by atoms with E-state index in [0.29, 0.717) is 31.6 Å². The minimum absolute atomic E-state index is 0.106. The van der Waals surface area contributed by atoms with Gasteiger partial charge in [0, 0.05) is 25.7 Å². The summed E-state index contributed by atoms with van der Waals surface area (Å²) in [5.74, 6) is -0.649. The van der Waals surface area contributed by atoms with Gasteiger partial charge in [-0.1, -0.05) is 408 Å². The van der Waals surface area contributed by atoms with Crippen molar-refractivity contribution in [2.75, 3.05) is 39.6 Å². The molecule has 17 nitrogen and oxygen atoms in total. The molecule has 0 aliphatic heterocycles. The third kappa shape index (κ3) is 79.9. The molecule has 0 saturated carbocycles. The van der Waals surface area contributed by atoms with Crippen molar-refractivity contribution >= 4 is 39.5 Å². The predicted molar refractivity (Wildman–Crippen MR) is 432 cm³/mol. The van der Waals surface area contributed by atoms with Crippen molar-refractivity contribution in [3.8, 4) is 0 Å². The summed E-state index contributed by atoms with van der Waals surface area (Å²) in [6, 6.07) is 0. The molecule has 0 aromatic carbocycles. The fraction of sp³-hybridized carbons (Fsp3) is 0.953. The first-order valence-electron chi connectivity index (χ1n) is 44.5. The second kappa shape index (κ2) is 77.4. The third-order valence-electron chi connectivity index (χ3n) is 20.2. The summed E-state index contributed by atoms with van der Waals surface area (Å²) in [7, 11) is -9.93. The Morgan fingerprint density at radius 2 is 0.438 bits per heavy atom. The van der Waals surface area contributed by atoms with E-state index in [0.717, 1.165) is 102 Å². The largest absolute Gasteiger partial charge is 0.472 e. The molecule has 0 amide bonds. The van der Waals surface area contributed by atoms with Crippen molar-refractivity contribution in [2.45, 2.75) is 477 Å². The highest BCUT2D eigenvalue weighted by atomic mass is 31.2. The van der Waals surface area contributed by atoms with Gasteiger partial charge in [-0.2, -0.15) is 0 Å². The zero-order chi connectivity index (χ0) is 77.1. The van der Waals surface area contributed by atoms with Crippen LogP contribution in [0.2, 0.25) is 0 Å². The quantitative estimate of drug-likeness (QED) is 0.0222. The Labute approximate surface area is 645 Å². The third-order valence-corrected chi connectivity index (χ3v) is 22.1. The molecule has 0 aliphatic rings. The minimum Gasteiger partial charge on any atom is -0.462 e. The molecule has 5 atom stereocenters. The fourth-order valence-electron chi connectivity index (χ4n) is 13.4. The number of carbonyl (C=O) groups excluding carboxylic acids is 4. The number of hydrogen-bond acceptors (Lipinski definition) is 15. The molecule has 0 spiro atoms. The maximum Gasteiger partial charge on any atom is 0.472 e. The van der Waals surface area contributed by atoms with Gasteiger partial charge in [-0.05, 0) is 37.5 Å². The van der Waals surface area contributed by atoms with Crippen LogP contribution in [-0.4, -0.2) is 96.7 Å². The van der Waals surface area contributed by atoms with E-state index in [1.54, 1.807) is 0 Å². The highest BCUT2D eigenvalue weighted by molar-refractivity contribution is 7.47.